The van der Waals surface area contributed by atoms with E-state index in [0.717, 1.165) is 24.1 Å². The lowest BCUT2D eigenvalue weighted by Crippen LogP contribution is -2.38. The number of hydrogen-bond donors (Lipinski definition) is 0. The first-order valence-electron chi connectivity index (χ1n) is 7.36. The number of likely N-dealkylation sites (tertiary alicyclic amines) is 1. The first kappa shape index (κ1) is 14.4. The van der Waals surface area contributed by atoms with Gasteiger partial charge < -0.3 is 4.74 Å². The summed E-state index contributed by atoms with van der Waals surface area (Å²) in [5.41, 5.74) is 4.02. The van der Waals surface area contributed by atoms with Crippen LogP contribution in [0, 0.1) is 25.7 Å². The number of nitrogens with zero attached hydrogens (tertiary/aromatic N) is 1. The number of rotatable bonds is 3. The van der Waals surface area contributed by atoms with Gasteiger partial charge in [-0.1, -0.05) is 19.9 Å². The highest BCUT2D eigenvalue weighted by molar-refractivity contribution is 5.41. The molecular formula is C17H27NO. The van der Waals surface area contributed by atoms with Crippen LogP contribution in [0.15, 0.2) is 12.1 Å². The summed E-state index contributed by atoms with van der Waals surface area (Å²) in [5.74, 6) is 2.65. The lowest BCUT2D eigenvalue weighted by atomic mass is 9.91. The van der Waals surface area contributed by atoms with Crippen LogP contribution in [0.2, 0.25) is 0 Å². The van der Waals surface area contributed by atoms with Crippen molar-refractivity contribution in [1.82, 2.24) is 4.90 Å². The third kappa shape index (κ3) is 3.50. The lowest BCUT2D eigenvalue weighted by Gasteiger charge is -2.35. The number of ether oxygens (including phenoxy) is 1. The molecule has 1 aliphatic rings. The molecule has 1 heterocycles. The molecule has 1 aromatic rings. The van der Waals surface area contributed by atoms with Crippen molar-refractivity contribution >= 4 is 0 Å². The Morgan fingerprint density at radius 1 is 1.11 bits per heavy atom. The van der Waals surface area contributed by atoms with Crippen LogP contribution in [0.1, 0.15) is 37.0 Å². The van der Waals surface area contributed by atoms with Crippen LogP contribution in [0.4, 0.5) is 0 Å². The molecule has 0 aliphatic carbocycles. The van der Waals surface area contributed by atoms with Gasteiger partial charge in [-0.15, -0.1) is 0 Å². The van der Waals surface area contributed by atoms with E-state index in [1.807, 2.05) is 0 Å². The molecular weight excluding hydrogens is 234 g/mol. The van der Waals surface area contributed by atoms with Crippen molar-refractivity contribution in [2.75, 3.05) is 20.2 Å². The highest BCUT2D eigenvalue weighted by Gasteiger charge is 2.22. The molecule has 0 N–H and O–H groups in total. The highest BCUT2D eigenvalue weighted by Crippen LogP contribution is 2.26. The topological polar surface area (TPSA) is 12.5 Å². The summed E-state index contributed by atoms with van der Waals surface area (Å²) < 4.78 is 5.39. The molecule has 106 valence electrons. The van der Waals surface area contributed by atoms with Gasteiger partial charge in [0.2, 0.25) is 0 Å². The molecule has 2 atom stereocenters. The van der Waals surface area contributed by atoms with Crippen molar-refractivity contribution in [1.29, 1.82) is 0 Å². The predicted molar refractivity (Wildman–Crippen MR) is 80.7 cm³/mol. The van der Waals surface area contributed by atoms with Crippen molar-refractivity contribution < 1.29 is 4.74 Å². The van der Waals surface area contributed by atoms with Crippen LogP contribution in [-0.4, -0.2) is 25.1 Å². The van der Waals surface area contributed by atoms with Crippen LogP contribution in [0.5, 0.6) is 5.75 Å². The van der Waals surface area contributed by atoms with E-state index in [0.29, 0.717) is 0 Å². The molecule has 2 heteroatoms. The van der Waals surface area contributed by atoms with E-state index in [1.54, 1.807) is 7.11 Å². The Labute approximate surface area is 117 Å². The summed E-state index contributed by atoms with van der Waals surface area (Å²) in [7, 11) is 1.75. The molecule has 1 fully saturated rings. The normalized spacial score (nSPS) is 24.5. The maximum Gasteiger partial charge on any atom is 0.122 e. The summed E-state index contributed by atoms with van der Waals surface area (Å²) in [4.78, 5) is 2.60. The summed E-state index contributed by atoms with van der Waals surface area (Å²) in [6.45, 7) is 12.6. The number of hydrogen-bond acceptors (Lipinski definition) is 2. The fourth-order valence-electron chi connectivity index (χ4n) is 3.40. The van der Waals surface area contributed by atoms with Gasteiger partial charge in [0.15, 0.2) is 0 Å². The number of aryl methyl sites for hydroxylation is 2. The third-order valence-electron chi connectivity index (χ3n) is 4.19. The smallest absolute Gasteiger partial charge is 0.122 e. The second kappa shape index (κ2) is 5.96. The van der Waals surface area contributed by atoms with Gasteiger partial charge in [0.25, 0.3) is 0 Å². The van der Waals surface area contributed by atoms with E-state index < -0.39 is 0 Å². The van der Waals surface area contributed by atoms with Crippen molar-refractivity contribution in [3.63, 3.8) is 0 Å². The molecule has 0 unspecified atom stereocenters. The highest BCUT2D eigenvalue weighted by atomic mass is 16.5. The van der Waals surface area contributed by atoms with Crippen LogP contribution in [0.25, 0.3) is 0 Å². The van der Waals surface area contributed by atoms with Gasteiger partial charge in [-0.3, -0.25) is 4.90 Å². The molecule has 0 spiro atoms. The molecule has 0 radical (unpaired) electrons. The monoisotopic (exact) mass is 261 g/mol. The Bertz CT molecular complexity index is 431. The van der Waals surface area contributed by atoms with E-state index in [4.69, 9.17) is 4.74 Å². The lowest BCUT2D eigenvalue weighted by molar-refractivity contribution is 0.134. The van der Waals surface area contributed by atoms with E-state index in [2.05, 4.69) is 44.7 Å². The molecule has 19 heavy (non-hydrogen) atoms. The molecule has 2 nitrogen and oxygen atoms in total. The minimum atomic E-state index is 0.823. The molecule has 2 rings (SSSR count). The van der Waals surface area contributed by atoms with Gasteiger partial charge in [0.05, 0.1) is 7.11 Å². The van der Waals surface area contributed by atoms with Gasteiger partial charge >= 0.3 is 0 Å². The average Bonchev–Trinajstić information content (AvgIpc) is 2.32. The average molecular weight is 261 g/mol. The minimum Gasteiger partial charge on any atom is -0.496 e. The standard InChI is InChI=1S/C17H27NO/c1-12-6-13(2)10-18(9-12)11-16-7-15(4)17(19-5)8-14(16)3/h7-8,12-13H,6,9-11H2,1-5H3/t12-,13+. The summed E-state index contributed by atoms with van der Waals surface area (Å²) in [6.07, 6.45) is 1.37. The van der Waals surface area contributed by atoms with Crippen molar-refractivity contribution in [3.05, 3.63) is 28.8 Å². The zero-order chi connectivity index (χ0) is 14.0. The minimum absolute atomic E-state index is 0.823. The molecule has 0 aromatic heterocycles. The molecule has 0 saturated carbocycles. The van der Waals surface area contributed by atoms with Crippen LogP contribution in [0.3, 0.4) is 0 Å². The Morgan fingerprint density at radius 2 is 1.74 bits per heavy atom. The maximum atomic E-state index is 5.39. The van der Waals surface area contributed by atoms with Crippen LogP contribution < -0.4 is 4.74 Å². The fraction of sp³-hybridized carbons (Fsp3) is 0.647. The molecule has 1 aromatic carbocycles. The molecule has 1 aliphatic heterocycles. The van der Waals surface area contributed by atoms with Crippen LogP contribution in [-0.2, 0) is 6.54 Å². The quantitative estimate of drug-likeness (QED) is 0.821. The first-order chi connectivity index (χ1) is 8.99. The Kier molecular flexibility index (Phi) is 4.51. The summed E-state index contributed by atoms with van der Waals surface area (Å²) in [5, 5.41) is 0. The van der Waals surface area contributed by atoms with Gasteiger partial charge in [-0.05, 0) is 54.9 Å². The van der Waals surface area contributed by atoms with E-state index >= 15 is 0 Å². The van der Waals surface area contributed by atoms with Gasteiger partial charge in [-0.25, -0.2) is 0 Å². The third-order valence-corrected chi connectivity index (χ3v) is 4.19. The zero-order valence-corrected chi connectivity index (χ0v) is 13.0. The van der Waals surface area contributed by atoms with Gasteiger partial charge in [0.1, 0.15) is 5.75 Å². The Hall–Kier alpha value is -1.02. The van der Waals surface area contributed by atoms with E-state index in [1.165, 1.54) is 36.2 Å². The summed E-state index contributed by atoms with van der Waals surface area (Å²) in [6, 6.07) is 4.46. The number of benzene rings is 1. The number of piperidine rings is 1. The first-order valence-corrected chi connectivity index (χ1v) is 7.36. The largest absolute Gasteiger partial charge is 0.496 e. The molecule has 0 amide bonds. The van der Waals surface area contributed by atoms with Crippen molar-refractivity contribution in [2.24, 2.45) is 11.8 Å². The molecule has 0 bridgehead atoms. The van der Waals surface area contributed by atoms with E-state index in [9.17, 15) is 0 Å². The zero-order valence-electron chi connectivity index (χ0n) is 13.0. The Morgan fingerprint density at radius 3 is 2.32 bits per heavy atom. The summed E-state index contributed by atoms with van der Waals surface area (Å²) >= 11 is 0. The van der Waals surface area contributed by atoms with Crippen molar-refractivity contribution in [3.8, 4) is 5.75 Å². The predicted octanol–water partition coefficient (Wildman–Crippen LogP) is 3.79. The second-order valence-corrected chi connectivity index (χ2v) is 6.39. The number of methoxy groups -OCH3 is 1. The van der Waals surface area contributed by atoms with E-state index in [-0.39, 0.29) is 0 Å². The fourth-order valence-corrected chi connectivity index (χ4v) is 3.40. The second-order valence-electron chi connectivity index (χ2n) is 6.39. The Balaban J connectivity index is 2.12. The van der Waals surface area contributed by atoms with Crippen molar-refractivity contribution in [2.45, 2.75) is 40.7 Å². The van der Waals surface area contributed by atoms with Gasteiger partial charge in [0, 0.05) is 19.6 Å². The van der Waals surface area contributed by atoms with Gasteiger partial charge in [-0.2, -0.15) is 0 Å². The van der Waals surface area contributed by atoms with Crippen LogP contribution >= 0.6 is 0 Å². The molecule has 1 saturated heterocycles. The maximum absolute atomic E-state index is 5.39. The SMILES string of the molecule is COc1cc(C)c(CN2C[C@H](C)C[C@H](C)C2)cc1C.